The number of benzene rings is 1. The van der Waals surface area contributed by atoms with Gasteiger partial charge in [-0.05, 0) is 23.5 Å². The van der Waals surface area contributed by atoms with E-state index in [1.165, 1.54) is 0 Å². The van der Waals surface area contributed by atoms with Gasteiger partial charge in [-0.2, -0.15) is 4.37 Å². The first-order chi connectivity index (χ1) is 10.5. The zero-order valence-corrected chi connectivity index (χ0v) is 13.3. The van der Waals surface area contributed by atoms with E-state index in [0.29, 0.717) is 17.0 Å². The molecule has 6 heteroatoms. The summed E-state index contributed by atoms with van der Waals surface area (Å²) in [4.78, 5) is 23.9. The van der Waals surface area contributed by atoms with Gasteiger partial charge in [-0.25, -0.2) is 4.79 Å². The van der Waals surface area contributed by atoms with Gasteiger partial charge in [0.1, 0.15) is 10.9 Å². The highest BCUT2D eigenvalue weighted by Gasteiger charge is 2.26. The van der Waals surface area contributed by atoms with Gasteiger partial charge in [-0.1, -0.05) is 50.6 Å². The normalized spacial score (nSPS) is 13.4. The number of amides is 1. The largest absolute Gasteiger partial charge is 0.480 e. The van der Waals surface area contributed by atoms with E-state index in [9.17, 15) is 14.7 Å². The van der Waals surface area contributed by atoms with Crippen LogP contribution in [-0.2, 0) is 4.79 Å². The van der Waals surface area contributed by atoms with Crippen molar-refractivity contribution in [2.24, 2.45) is 5.92 Å². The molecule has 2 atom stereocenters. The second kappa shape index (κ2) is 7.17. The Morgan fingerprint density at radius 3 is 2.59 bits per heavy atom. The highest BCUT2D eigenvalue weighted by Crippen LogP contribution is 2.22. The van der Waals surface area contributed by atoms with Crippen LogP contribution in [0.4, 0.5) is 0 Å². The summed E-state index contributed by atoms with van der Waals surface area (Å²) in [6, 6.07) is 10.3. The maximum Gasteiger partial charge on any atom is 0.326 e. The Balaban J connectivity index is 2.13. The van der Waals surface area contributed by atoms with Crippen LogP contribution in [-0.4, -0.2) is 27.4 Å². The van der Waals surface area contributed by atoms with Gasteiger partial charge in [0.2, 0.25) is 0 Å². The molecular weight excluding hydrogens is 300 g/mol. The molecule has 1 amide bonds. The molecule has 0 bridgehead atoms. The number of aliphatic carboxylic acids is 1. The van der Waals surface area contributed by atoms with Gasteiger partial charge in [0.25, 0.3) is 5.91 Å². The Hall–Kier alpha value is -2.21. The molecule has 0 saturated carbocycles. The molecule has 0 aliphatic heterocycles. The molecule has 2 N–H and O–H groups in total. The number of hydrogen-bond donors (Lipinski definition) is 2. The summed E-state index contributed by atoms with van der Waals surface area (Å²) in [7, 11) is 0. The third-order valence-corrected chi connectivity index (χ3v) is 4.36. The molecule has 0 spiro atoms. The molecule has 0 aliphatic rings. The summed E-state index contributed by atoms with van der Waals surface area (Å²) in [6.45, 7) is 3.70. The van der Waals surface area contributed by atoms with E-state index in [1.807, 2.05) is 37.3 Å². The predicted molar refractivity (Wildman–Crippen MR) is 85.9 cm³/mol. The van der Waals surface area contributed by atoms with Gasteiger partial charge in [0.15, 0.2) is 0 Å². The quantitative estimate of drug-likeness (QED) is 0.858. The van der Waals surface area contributed by atoms with Crippen LogP contribution in [0.15, 0.2) is 36.4 Å². The summed E-state index contributed by atoms with van der Waals surface area (Å²) in [5, 5.41) is 11.8. The molecule has 1 heterocycles. The zero-order chi connectivity index (χ0) is 16.1. The second-order valence-corrected chi connectivity index (χ2v) is 5.92. The van der Waals surface area contributed by atoms with Crippen LogP contribution in [0.2, 0.25) is 0 Å². The molecule has 116 valence electrons. The Kier molecular flexibility index (Phi) is 5.27. The molecule has 22 heavy (non-hydrogen) atoms. The van der Waals surface area contributed by atoms with E-state index in [1.54, 1.807) is 13.0 Å². The van der Waals surface area contributed by atoms with Gasteiger partial charge in [-0.15, -0.1) is 0 Å². The topological polar surface area (TPSA) is 79.3 Å². The van der Waals surface area contributed by atoms with Crippen molar-refractivity contribution in [3.63, 3.8) is 0 Å². The first-order valence-corrected chi connectivity index (χ1v) is 7.86. The van der Waals surface area contributed by atoms with E-state index in [2.05, 4.69) is 9.69 Å². The van der Waals surface area contributed by atoms with Gasteiger partial charge in [-0.3, -0.25) is 4.79 Å². The average molecular weight is 318 g/mol. The second-order valence-electron chi connectivity index (χ2n) is 5.12. The lowest BCUT2D eigenvalue weighted by Gasteiger charge is -2.19. The van der Waals surface area contributed by atoms with Crippen molar-refractivity contribution in [2.45, 2.75) is 26.3 Å². The first kappa shape index (κ1) is 16.2. The predicted octanol–water partition coefficient (Wildman–Crippen LogP) is 3.04. The molecule has 2 aromatic rings. The van der Waals surface area contributed by atoms with Crippen molar-refractivity contribution in [2.75, 3.05) is 0 Å². The van der Waals surface area contributed by atoms with E-state index in [0.717, 1.165) is 17.1 Å². The number of hydrogen-bond acceptors (Lipinski definition) is 4. The van der Waals surface area contributed by atoms with Gasteiger partial charge >= 0.3 is 5.97 Å². The van der Waals surface area contributed by atoms with E-state index in [-0.39, 0.29) is 5.92 Å². The third kappa shape index (κ3) is 3.71. The summed E-state index contributed by atoms with van der Waals surface area (Å²) < 4.78 is 4.26. The number of carbonyl (C=O) groups is 2. The number of nitrogens with zero attached hydrogens (tertiary/aromatic N) is 1. The van der Waals surface area contributed by atoms with Crippen LogP contribution in [0, 0.1) is 5.92 Å². The molecule has 5 nitrogen and oxygen atoms in total. The number of aromatic nitrogens is 1. The zero-order valence-electron chi connectivity index (χ0n) is 12.4. The molecule has 1 aromatic carbocycles. The minimum Gasteiger partial charge on any atom is -0.480 e. The highest BCUT2D eigenvalue weighted by molar-refractivity contribution is 7.08. The lowest BCUT2D eigenvalue weighted by atomic mass is 9.99. The van der Waals surface area contributed by atoms with Gasteiger partial charge < -0.3 is 10.4 Å². The molecule has 2 rings (SSSR count). The van der Waals surface area contributed by atoms with Crippen LogP contribution >= 0.6 is 11.5 Å². The monoisotopic (exact) mass is 318 g/mol. The molecule has 0 saturated heterocycles. The fourth-order valence-electron chi connectivity index (χ4n) is 2.02. The molecule has 0 fully saturated rings. The van der Waals surface area contributed by atoms with Gasteiger partial charge in [0, 0.05) is 5.56 Å². The minimum atomic E-state index is -1.02. The summed E-state index contributed by atoms with van der Waals surface area (Å²) in [6.07, 6.45) is 0.676. The van der Waals surface area contributed by atoms with Crippen LogP contribution in [0.25, 0.3) is 11.3 Å². The van der Waals surface area contributed by atoms with Crippen molar-refractivity contribution in [3.05, 3.63) is 41.3 Å². The number of carboxylic acids is 1. The van der Waals surface area contributed by atoms with E-state index < -0.39 is 17.9 Å². The van der Waals surface area contributed by atoms with Crippen molar-refractivity contribution >= 4 is 23.4 Å². The Morgan fingerprint density at radius 2 is 2.00 bits per heavy atom. The first-order valence-electron chi connectivity index (χ1n) is 7.08. The van der Waals surface area contributed by atoms with Crippen LogP contribution in [0.1, 0.15) is 29.9 Å². The van der Waals surface area contributed by atoms with Crippen molar-refractivity contribution < 1.29 is 14.7 Å². The maximum absolute atomic E-state index is 12.2. The molecule has 0 aliphatic carbocycles. The molecule has 0 radical (unpaired) electrons. The highest BCUT2D eigenvalue weighted by atomic mass is 32.1. The number of carboxylic acid groups (broad SMARTS) is 1. The fourth-order valence-corrected chi connectivity index (χ4v) is 2.68. The summed E-state index contributed by atoms with van der Waals surface area (Å²) in [5.41, 5.74) is 1.64. The number of carbonyl (C=O) groups excluding carboxylic acids is 1. The Morgan fingerprint density at radius 1 is 1.32 bits per heavy atom. The third-order valence-electron chi connectivity index (χ3n) is 3.57. The molecular formula is C16H18N2O3S. The summed E-state index contributed by atoms with van der Waals surface area (Å²) in [5.74, 6) is -1.55. The smallest absolute Gasteiger partial charge is 0.326 e. The SMILES string of the molecule is CC[C@H](C)[C@H](NC(=O)c1cc(-c2ccccc2)ns1)C(=O)O. The van der Waals surface area contributed by atoms with Crippen LogP contribution in [0.3, 0.4) is 0 Å². The maximum atomic E-state index is 12.2. The lowest BCUT2D eigenvalue weighted by Crippen LogP contribution is -2.44. The lowest BCUT2D eigenvalue weighted by molar-refractivity contribution is -0.140. The van der Waals surface area contributed by atoms with E-state index in [4.69, 9.17) is 0 Å². The average Bonchev–Trinajstić information content (AvgIpc) is 3.02. The van der Waals surface area contributed by atoms with Crippen molar-refractivity contribution in [1.82, 2.24) is 9.69 Å². The summed E-state index contributed by atoms with van der Waals surface area (Å²) >= 11 is 1.07. The Labute approximate surface area is 133 Å². The molecule has 0 unspecified atom stereocenters. The minimum absolute atomic E-state index is 0.136. The molecule has 1 aromatic heterocycles. The number of rotatable bonds is 6. The van der Waals surface area contributed by atoms with E-state index >= 15 is 0 Å². The van der Waals surface area contributed by atoms with Crippen molar-refractivity contribution in [1.29, 1.82) is 0 Å². The fraction of sp³-hybridized carbons (Fsp3) is 0.312. The van der Waals surface area contributed by atoms with Crippen LogP contribution in [0.5, 0.6) is 0 Å². The van der Waals surface area contributed by atoms with Crippen LogP contribution < -0.4 is 5.32 Å². The number of nitrogens with one attached hydrogen (secondary N) is 1. The van der Waals surface area contributed by atoms with Crippen molar-refractivity contribution in [3.8, 4) is 11.3 Å². The Bertz CT molecular complexity index is 654. The van der Waals surface area contributed by atoms with Gasteiger partial charge in [0.05, 0.1) is 5.69 Å². The standard InChI is InChI=1S/C16H18N2O3S/c1-3-10(2)14(16(20)21)17-15(19)13-9-12(18-22-13)11-7-5-4-6-8-11/h4-10,14H,3H2,1-2H3,(H,17,19)(H,20,21)/t10-,14-/m0/s1.